The molecule has 0 unspecified atom stereocenters. The van der Waals surface area contributed by atoms with E-state index in [0.29, 0.717) is 24.4 Å². The largest absolute Gasteiger partial charge is 0.454 e. The van der Waals surface area contributed by atoms with E-state index in [2.05, 4.69) is 5.32 Å². The fourth-order valence-electron chi connectivity index (χ4n) is 2.67. The lowest BCUT2D eigenvalue weighted by Gasteiger charge is -2.12. The smallest absolute Gasteiger partial charge is 0.340 e. The van der Waals surface area contributed by atoms with E-state index in [1.165, 1.54) is 19.2 Å². The summed E-state index contributed by atoms with van der Waals surface area (Å²) < 4.78 is 10.1. The van der Waals surface area contributed by atoms with E-state index in [1.807, 2.05) is 13.0 Å². The monoisotopic (exact) mass is 386 g/mol. The second-order valence-electron chi connectivity index (χ2n) is 6.22. The molecular weight excluding hydrogens is 364 g/mol. The minimum atomic E-state index is -0.818. The highest BCUT2D eigenvalue weighted by Crippen LogP contribution is 2.23. The van der Waals surface area contributed by atoms with Crippen molar-refractivity contribution in [1.29, 1.82) is 0 Å². The number of carbonyl (C=O) groups is 2. The van der Waals surface area contributed by atoms with Gasteiger partial charge in [-0.25, -0.2) is 4.79 Å². The number of hydrogen-bond donors (Lipinski definition) is 1. The number of non-ortho nitro benzene ring substituents is 1. The first-order valence-corrected chi connectivity index (χ1v) is 8.62. The number of Topliss-reactive ketones (excluding diaryl/α,β-unsaturated/α-hetero) is 1. The maximum atomic E-state index is 12.5. The zero-order valence-electron chi connectivity index (χ0n) is 16.0. The van der Waals surface area contributed by atoms with Crippen LogP contribution in [-0.2, 0) is 9.47 Å². The van der Waals surface area contributed by atoms with Gasteiger partial charge in [0.25, 0.3) is 5.69 Å². The van der Waals surface area contributed by atoms with Crippen molar-refractivity contribution in [2.24, 2.45) is 0 Å². The average molecular weight is 386 g/mol. The number of ether oxygens (including phenoxy) is 2. The molecule has 2 rings (SSSR count). The maximum absolute atomic E-state index is 12.5. The number of carbonyl (C=O) groups excluding carboxylic acids is 2. The Balaban J connectivity index is 2.15. The predicted octanol–water partition coefficient (Wildman–Crippen LogP) is 3.31. The van der Waals surface area contributed by atoms with E-state index in [1.54, 1.807) is 19.1 Å². The molecule has 0 aliphatic rings. The van der Waals surface area contributed by atoms with Gasteiger partial charge in [-0.2, -0.15) is 0 Å². The summed E-state index contributed by atoms with van der Waals surface area (Å²) >= 11 is 0. The number of nitrogens with zero attached hydrogens (tertiary/aromatic N) is 1. The summed E-state index contributed by atoms with van der Waals surface area (Å²) in [5.41, 5.74) is 2.39. The number of hydrogen-bond acceptors (Lipinski definition) is 7. The molecule has 2 aromatic rings. The highest BCUT2D eigenvalue weighted by molar-refractivity contribution is 6.02. The fraction of sp³-hybridized carbons (Fsp3) is 0.300. The summed E-state index contributed by atoms with van der Waals surface area (Å²) in [6.07, 6.45) is 0. The molecule has 0 saturated carbocycles. The standard InChI is InChI=1S/C20H22N2O6/c1-13-4-6-16(14(2)10-13)19(23)12-28-20(24)17-11-15(22(25)26)5-7-18(17)21-8-9-27-3/h4-7,10-11,21H,8-9,12H2,1-3H3. The number of esters is 1. The Morgan fingerprint density at radius 1 is 1.11 bits per heavy atom. The number of nitro benzene ring substituents is 1. The number of anilines is 1. The first-order valence-electron chi connectivity index (χ1n) is 8.62. The molecule has 0 aliphatic carbocycles. The third kappa shape index (κ3) is 5.37. The SMILES string of the molecule is COCCNc1ccc([N+](=O)[O-])cc1C(=O)OCC(=O)c1ccc(C)cc1C. The van der Waals surface area contributed by atoms with Crippen molar-refractivity contribution in [3.05, 3.63) is 68.8 Å². The molecule has 2 aromatic carbocycles. The normalized spacial score (nSPS) is 10.4. The third-order valence-corrected chi connectivity index (χ3v) is 4.07. The van der Waals surface area contributed by atoms with E-state index in [4.69, 9.17) is 9.47 Å². The molecule has 28 heavy (non-hydrogen) atoms. The van der Waals surface area contributed by atoms with Crippen LogP contribution >= 0.6 is 0 Å². The Hall–Kier alpha value is -3.26. The fourth-order valence-corrected chi connectivity index (χ4v) is 2.67. The van der Waals surface area contributed by atoms with Crippen molar-refractivity contribution in [2.45, 2.75) is 13.8 Å². The van der Waals surface area contributed by atoms with Crippen molar-refractivity contribution < 1.29 is 24.0 Å². The van der Waals surface area contributed by atoms with Crippen molar-refractivity contribution in [3.63, 3.8) is 0 Å². The lowest BCUT2D eigenvalue weighted by molar-refractivity contribution is -0.384. The Morgan fingerprint density at radius 3 is 2.50 bits per heavy atom. The van der Waals surface area contributed by atoms with Gasteiger partial charge in [-0.3, -0.25) is 14.9 Å². The van der Waals surface area contributed by atoms with E-state index in [9.17, 15) is 19.7 Å². The van der Waals surface area contributed by atoms with E-state index in [-0.39, 0.29) is 17.0 Å². The van der Waals surface area contributed by atoms with Crippen molar-refractivity contribution >= 4 is 23.1 Å². The quantitative estimate of drug-likeness (QED) is 0.232. The van der Waals surface area contributed by atoms with Crippen molar-refractivity contribution in [3.8, 4) is 0 Å². The molecule has 0 spiro atoms. The van der Waals surface area contributed by atoms with Gasteiger partial charge in [-0.1, -0.05) is 23.8 Å². The molecule has 0 fully saturated rings. The summed E-state index contributed by atoms with van der Waals surface area (Å²) in [5.74, 6) is -1.16. The summed E-state index contributed by atoms with van der Waals surface area (Å²) in [4.78, 5) is 35.3. The Kier molecular flexibility index (Phi) is 7.22. The highest BCUT2D eigenvalue weighted by atomic mass is 16.6. The molecule has 0 heterocycles. The van der Waals surface area contributed by atoms with Crippen LogP contribution in [0.1, 0.15) is 31.8 Å². The summed E-state index contributed by atoms with van der Waals surface area (Å²) in [6.45, 7) is 4.05. The Bertz CT molecular complexity index is 894. The number of methoxy groups -OCH3 is 1. The number of rotatable bonds is 9. The van der Waals surface area contributed by atoms with Gasteiger partial charge in [0.05, 0.1) is 17.1 Å². The van der Waals surface area contributed by atoms with Gasteiger partial charge in [0.1, 0.15) is 0 Å². The van der Waals surface area contributed by atoms with Gasteiger partial charge in [0, 0.05) is 37.0 Å². The molecule has 1 N–H and O–H groups in total. The van der Waals surface area contributed by atoms with Crippen molar-refractivity contribution in [1.82, 2.24) is 0 Å². The first-order chi connectivity index (χ1) is 13.3. The zero-order chi connectivity index (χ0) is 20.7. The van der Waals surface area contributed by atoms with Crippen LogP contribution in [0.25, 0.3) is 0 Å². The first kappa shape index (κ1) is 21.0. The minimum Gasteiger partial charge on any atom is -0.454 e. The van der Waals surface area contributed by atoms with Crippen LogP contribution in [-0.4, -0.2) is 43.5 Å². The molecule has 148 valence electrons. The molecule has 0 radical (unpaired) electrons. The van der Waals surface area contributed by atoms with Crippen molar-refractivity contribution in [2.75, 3.05) is 32.2 Å². The maximum Gasteiger partial charge on any atom is 0.340 e. The van der Waals surface area contributed by atoms with Crippen LogP contribution in [0.15, 0.2) is 36.4 Å². The number of nitrogens with one attached hydrogen (secondary N) is 1. The van der Waals surface area contributed by atoms with Crippen LogP contribution < -0.4 is 5.32 Å². The van der Waals surface area contributed by atoms with Gasteiger partial charge in [-0.15, -0.1) is 0 Å². The predicted molar refractivity (Wildman–Crippen MR) is 104 cm³/mol. The number of aryl methyl sites for hydroxylation is 2. The lowest BCUT2D eigenvalue weighted by Crippen LogP contribution is -2.17. The topological polar surface area (TPSA) is 108 Å². The molecule has 0 aliphatic heterocycles. The molecule has 8 nitrogen and oxygen atoms in total. The number of ketones is 1. The van der Waals surface area contributed by atoms with Crippen LogP contribution in [0.3, 0.4) is 0 Å². The third-order valence-electron chi connectivity index (χ3n) is 4.07. The van der Waals surface area contributed by atoms with Crippen LogP contribution in [0.5, 0.6) is 0 Å². The molecule has 0 amide bonds. The molecule has 0 saturated heterocycles. The Labute approximate surface area is 162 Å². The van der Waals surface area contributed by atoms with Crippen LogP contribution in [0.4, 0.5) is 11.4 Å². The van der Waals surface area contributed by atoms with E-state index < -0.39 is 17.5 Å². The minimum absolute atomic E-state index is 0.0151. The molecule has 0 aromatic heterocycles. The Morgan fingerprint density at radius 2 is 1.86 bits per heavy atom. The molecule has 0 atom stereocenters. The number of nitro groups is 1. The van der Waals surface area contributed by atoms with Gasteiger partial charge >= 0.3 is 5.97 Å². The second-order valence-corrected chi connectivity index (χ2v) is 6.22. The summed E-state index contributed by atoms with van der Waals surface area (Å²) in [6, 6.07) is 9.20. The summed E-state index contributed by atoms with van der Waals surface area (Å²) in [5, 5.41) is 14.0. The van der Waals surface area contributed by atoms with Gasteiger partial charge in [0.2, 0.25) is 5.78 Å². The van der Waals surface area contributed by atoms with Gasteiger partial charge < -0.3 is 14.8 Å². The lowest BCUT2D eigenvalue weighted by atomic mass is 10.0. The zero-order valence-corrected chi connectivity index (χ0v) is 16.0. The molecule has 0 bridgehead atoms. The van der Waals surface area contributed by atoms with Crippen LogP contribution in [0.2, 0.25) is 0 Å². The van der Waals surface area contributed by atoms with Crippen LogP contribution in [0, 0.1) is 24.0 Å². The van der Waals surface area contributed by atoms with E-state index in [0.717, 1.165) is 17.2 Å². The molecule has 8 heteroatoms. The number of benzene rings is 2. The second kappa shape index (κ2) is 9.61. The van der Waals surface area contributed by atoms with E-state index >= 15 is 0 Å². The summed E-state index contributed by atoms with van der Waals surface area (Å²) in [7, 11) is 1.53. The van der Waals surface area contributed by atoms with Gasteiger partial charge in [-0.05, 0) is 25.5 Å². The average Bonchev–Trinajstić information content (AvgIpc) is 2.66. The van der Waals surface area contributed by atoms with Gasteiger partial charge in [0.15, 0.2) is 6.61 Å². The highest BCUT2D eigenvalue weighted by Gasteiger charge is 2.20. The molecular formula is C20H22N2O6.